The molecule has 1 heterocycles. The first-order valence-corrected chi connectivity index (χ1v) is 6.85. The van der Waals surface area contributed by atoms with Crippen LogP contribution in [0.1, 0.15) is 21.5 Å². The largest absolute Gasteiger partial charge is 0.465 e. The summed E-state index contributed by atoms with van der Waals surface area (Å²) in [5.41, 5.74) is 0.584. The Morgan fingerprint density at radius 2 is 2.00 bits per heavy atom. The molecule has 5 heteroatoms. The first kappa shape index (κ1) is 14.3. The number of nitrogens with one attached hydrogen (secondary N) is 1. The summed E-state index contributed by atoms with van der Waals surface area (Å²) in [6.45, 7) is 0. The Balaban J connectivity index is 1.96. The Morgan fingerprint density at radius 1 is 1.23 bits per heavy atom. The van der Waals surface area contributed by atoms with Crippen molar-refractivity contribution in [1.82, 2.24) is 0 Å². The normalized spacial score (nSPS) is 19.5. The number of benzene rings is 2. The number of fused-ring (bicyclic) bond motifs is 1. The van der Waals surface area contributed by atoms with Crippen molar-refractivity contribution in [3.05, 3.63) is 65.2 Å². The van der Waals surface area contributed by atoms with Crippen LogP contribution in [0.15, 0.2) is 48.5 Å². The molecule has 0 fully saturated rings. The van der Waals surface area contributed by atoms with E-state index in [4.69, 9.17) is 0 Å². The molecule has 1 aliphatic rings. The summed E-state index contributed by atoms with van der Waals surface area (Å²) in [6, 6.07) is 13.7. The number of carbonyl (C=O) groups is 2. The van der Waals surface area contributed by atoms with Gasteiger partial charge in [-0.05, 0) is 23.8 Å². The molecule has 1 unspecified atom stereocenters. The molecule has 0 saturated carbocycles. The van der Waals surface area contributed by atoms with Crippen LogP contribution >= 0.6 is 0 Å². The second kappa shape index (κ2) is 5.27. The van der Waals surface area contributed by atoms with Gasteiger partial charge in [0.2, 0.25) is 0 Å². The highest BCUT2D eigenvalue weighted by molar-refractivity contribution is 6.05. The number of methoxy groups -OCH3 is 1. The summed E-state index contributed by atoms with van der Waals surface area (Å²) in [5, 5.41) is 13.5. The molecule has 3 rings (SSSR count). The maximum absolute atomic E-state index is 12.2. The Kier molecular flexibility index (Phi) is 3.42. The molecule has 0 aromatic heterocycles. The van der Waals surface area contributed by atoms with Crippen LogP contribution in [-0.4, -0.2) is 24.1 Å². The zero-order valence-corrected chi connectivity index (χ0v) is 12.0. The van der Waals surface area contributed by atoms with Gasteiger partial charge in [-0.25, -0.2) is 4.79 Å². The second-order valence-electron chi connectivity index (χ2n) is 5.23. The molecule has 1 atom stereocenters. The second-order valence-corrected chi connectivity index (χ2v) is 5.23. The molecule has 2 aromatic carbocycles. The van der Waals surface area contributed by atoms with E-state index < -0.39 is 17.5 Å². The molecule has 112 valence electrons. The van der Waals surface area contributed by atoms with Crippen molar-refractivity contribution < 1.29 is 19.4 Å². The molecule has 5 nitrogen and oxygen atoms in total. The van der Waals surface area contributed by atoms with Gasteiger partial charge < -0.3 is 15.2 Å². The molecule has 2 aromatic rings. The molecule has 0 radical (unpaired) electrons. The van der Waals surface area contributed by atoms with E-state index in [9.17, 15) is 14.7 Å². The summed E-state index contributed by atoms with van der Waals surface area (Å²) in [4.78, 5) is 23.8. The van der Waals surface area contributed by atoms with Crippen molar-refractivity contribution in [2.24, 2.45) is 0 Å². The minimum absolute atomic E-state index is 0.0840. The van der Waals surface area contributed by atoms with Crippen molar-refractivity contribution in [3.63, 3.8) is 0 Å². The molecular weight excluding hydrogens is 282 g/mol. The van der Waals surface area contributed by atoms with E-state index in [1.807, 2.05) is 0 Å². The third-order valence-corrected chi connectivity index (χ3v) is 3.80. The molecule has 2 N–H and O–H groups in total. The molecule has 0 bridgehead atoms. The van der Waals surface area contributed by atoms with Gasteiger partial charge in [-0.3, -0.25) is 4.79 Å². The van der Waals surface area contributed by atoms with Crippen LogP contribution in [0, 0.1) is 0 Å². The van der Waals surface area contributed by atoms with Crippen LogP contribution in [0.3, 0.4) is 0 Å². The highest BCUT2D eigenvalue weighted by Gasteiger charge is 2.44. The predicted molar refractivity (Wildman–Crippen MR) is 80.5 cm³/mol. The van der Waals surface area contributed by atoms with Gasteiger partial charge in [-0.1, -0.05) is 30.3 Å². The molecule has 22 heavy (non-hydrogen) atoms. The SMILES string of the molecule is COC(=O)c1cccc(CC2(O)C(=O)Nc3ccccc32)c1. The quantitative estimate of drug-likeness (QED) is 0.848. The van der Waals surface area contributed by atoms with Crippen molar-refractivity contribution in [3.8, 4) is 0 Å². The predicted octanol–water partition coefficient (Wildman–Crippen LogP) is 1.86. The zero-order valence-electron chi connectivity index (χ0n) is 12.0. The average molecular weight is 297 g/mol. The van der Waals surface area contributed by atoms with Crippen molar-refractivity contribution >= 4 is 17.6 Å². The van der Waals surface area contributed by atoms with Gasteiger partial charge in [-0.15, -0.1) is 0 Å². The van der Waals surface area contributed by atoms with E-state index in [0.29, 0.717) is 22.4 Å². The van der Waals surface area contributed by atoms with Crippen LogP contribution in [0.2, 0.25) is 0 Å². The Labute approximate surface area is 127 Å². The van der Waals surface area contributed by atoms with Crippen molar-refractivity contribution in [2.45, 2.75) is 12.0 Å². The third-order valence-electron chi connectivity index (χ3n) is 3.80. The fourth-order valence-electron chi connectivity index (χ4n) is 2.70. The number of esters is 1. The monoisotopic (exact) mass is 297 g/mol. The fourth-order valence-corrected chi connectivity index (χ4v) is 2.70. The smallest absolute Gasteiger partial charge is 0.337 e. The van der Waals surface area contributed by atoms with Crippen LogP contribution in [0.5, 0.6) is 0 Å². The van der Waals surface area contributed by atoms with Crippen molar-refractivity contribution in [1.29, 1.82) is 0 Å². The van der Waals surface area contributed by atoms with Gasteiger partial charge in [-0.2, -0.15) is 0 Å². The summed E-state index contributed by atoms with van der Waals surface area (Å²) >= 11 is 0. The van der Waals surface area contributed by atoms with E-state index in [-0.39, 0.29) is 6.42 Å². The minimum atomic E-state index is -1.63. The van der Waals surface area contributed by atoms with Crippen molar-refractivity contribution in [2.75, 3.05) is 12.4 Å². The molecular formula is C17H15NO4. The number of para-hydroxylation sites is 1. The van der Waals surface area contributed by atoms with Gasteiger partial charge in [0.05, 0.1) is 12.7 Å². The van der Waals surface area contributed by atoms with Gasteiger partial charge in [0, 0.05) is 17.7 Å². The van der Waals surface area contributed by atoms with Gasteiger partial charge in [0.15, 0.2) is 5.60 Å². The highest BCUT2D eigenvalue weighted by atomic mass is 16.5. The van der Waals surface area contributed by atoms with E-state index in [1.165, 1.54) is 7.11 Å². The standard InChI is InChI=1S/C17H15NO4/c1-22-15(19)12-6-4-5-11(9-12)10-17(21)13-7-2-3-8-14(13)18-16(17)20/h2-9,21H,10H2,1H3,(H,18,20). The Bertz CT molecular complexity index is 756. The van der Waals surface area contributed by atoms with Crippen LogP contribution in [-0.2, 0) is 21.6 Å². The van der Waals surface area contributed by atoms with Gasteiger partial charge in [0.25, 0.3) is 5.91 Å². The number of carbonyl (C=O) groups excluding carboxylic acids is 2. The van der Waals surface area contributed by atoms with Gasteiger partial charge >= 0.3 is 5.97 Å². The number of ether oxygens (including phenoxy) is 1. The molecule has 1 amide bonds. The third kappa shape index (κ3) is 2.25. The average Bonchev–Trinajstić information content (AvgIpc) is 2.78. The summed E-state index contributed by atoms with van der Waals surface area (Å²) < 4.78 is 4.68. The molecule has 0 saturated heterocycles. The van der Waals surface area contributed by atoms with Crippen LogP contribution in [0.4, 0.5) is 5.69 Å². The number of rotatable bonds is 3. The topological polar surface area (TPSA) is 75.6 Å². The first-order chi connectivity index (χ1) is 10.5. The molecule has 0 aliphatic carbocycles. The van der Waals surface area contributed by atoms with E-state index in [0.717, 1.165) is 0 Å². The van der Waals surface area contributed by atoms with E-state index in [1.54, 1.807) is 48.5 Å². The zero-order chi connectivity index (χ0) is 15.7. The lowest BCUT2D eigenvalue weighted by Crippen LogP contribution is -2.36. The Hall–Kier alpha value is -2.66. The van der Waals surface area contributed by atoms with E-state index in [2.05, 4.69) is 10.1 Å². The van der Waals surface area contributed by atoms with Crippen LogP contribution in [0.25, 0.3) is 0 Å². The number of aliphatic hydroxyl groups is 1. The summed E-state index contributed by atoms with van der Waals surface area (Å²) in [5.74, 6) is -0.915. The van der Waals surface area contributed by atoms with E-state index >= 15 is 0 Å². The molecule has 0 spiro atoms. The maximum atomic E-state index is 12.2. The number of amides is 1. The van der Waals surface area contributed by atoms with Crippen LogP contribution < -0.4 is 5.32 Å². The Morgan fingerprint density at radius 3 is 2.77 bits per heavy atom. The summed E-state index contributed by atoms with van der Waals surface area (Å²) in [6.07, 6.45) is 0.0840. The molecule has 1 aliphatic heterocycles. The lowest BCUT2D eigenvalue weighted by Gasteiger charge is -2.21. The minimum Gasteiger partial charge on any atom is -0.465 e. The highest BCUT2D eigenvalue weighted by Crippen LogP contribution is 2.38. The fraction of sp³-hybridized carbons (Fsp3) is 0.176. The number of hydrogen-bond acceptors (Lipinski definition) is 4. The lowest BCUT2D eigenvalue weighted by atomic mass is 9.88. The van der Waals surface area contributed by atoms with Gasteiger partial charge in [0.1, 0.15) is 0 Å². The first-order valence-electron chi connectivity index (χ1n) is 6.85. The number of anilines is 1. The lowest BCUT2D eigenvalue weighted by molar-refractivity contribution is -0.133. The maximum Gasteiger partial charge on any atom is 0.337 e. The summed E-state index contributed by atoms with van der Waals surface area (Å²) in [7, 11) is 1.31. The number of hydrogen-bond donors (Lipinski definition) is 2.